The molecule has 0 aliphatic heterocycles. The molecule has 0 bridgehead atoms. The monoisotopic (exact) mass is 155 g/mol. The zero-order chi connectivity index (χ0) is 8.27. The van der Waals surface area contributed by atoms with E-state index in [1.165, 1.54) is 4.80 Å². The molecule has 1 aromatic heterocycles. The van der Waals surface area contributed by atoms with Gasteiger partial charge in [0.15, 0.2) is 5.82 Å². The predicted molar refractivity (Wildman–Crippen MR) is 40.7 cm³/mol. The first-order valence-corrected chi connectivity index (χ1v) is 3.65. The van der Waals surface area contributed by atoms with Crippen LogP contribution in [0.1, 0.15) is 12.7 Å². The van der Waals surface area contributed by atoms with Gasteiger partial charge in [-0.1, -0.05) is 6.92 Å². The van der Waals surface area contributed by atoms with Crippen molar-refractivity contribution in [2.24, 2.45) is 18.7 Å². The summed E-state index contributed by atoms with van der Waals surface area (Å²) in [6.07, 6.45) is 0.810. The molecular formula is C6H13N5. The van der Waals surface area contributed by atoms with Crippen LogP contribution in [-0.4, -0.2) is 26.8 Å². The Kier molecular flexibility index (Phi) is 2.53. The summed E-state index contributed by atoms with van der Waals surface area (Å²) in [5.74, 6) is 1.20. The van der Waals surface area contributed by atoms with E-state index < -0.39 is 0 Å². The zero-order valence-electron chi connectivity index (χ0n) is 6.86. The normalized spacial score (nSPS) is 13.4. The average molecular weight is 155 g/mol. The lowest BCUT2D eigenvalue weighted by molar-refractivity contribution is 0.568. The fourth-order valence-corrected chi connectivity index (χ4v) is 0.800. The summed E-state index contributed by atoms with van der Waals surface area (Å²) in [6, 6.07) is 0. The number of nitrogens with two attached hydrogens (primary N) is 1. The Hall–Kier alpha value is -0.970. The van der Waals surface area contributed by atoms with Crippen molar-refractivity contribution < 1.29 is 0 Å². The minimum atomic E-state index is 0.430. The van der Waals surface area contributed by atoms with Crippen LogP contribution in [0.15, 0.2) is 0 Å². The van der Waals surface area contributed by atoms with Crippen molar-refractivity contribution in [1.29, 1.82) is 0 Å². The average Bonchev–Trinajstić information content (AvgIpc) is 2.35. The Morgan fingerprint density at radius 2 is 2.36 bits per heavy atom. The molecule has 0 amide bonds. The smallest absolute Gasteiger partial charge is 0.175 e. The van der Waals surface area contributed by atoms with Gasteiger partial charge in [0, 0.05) is 6.42 Å². The third-order valence-corrected chi connectivity index (χ3v) is 1.48. The lowest BCUT2D eigenvalue weighted by Crippen LogP contribution is -2.13. The number of aryl methyl sites for hydroxylation is 1. The highest BCUT2D eigenvalue weighted by Crippen LogP contribution is 1.99. The highest BCUT2D eigenvalue weighted by Gasteiger charge is 2.05. The Morgan fingerprint density at radius 3 is 2.82 bits per heavy atom. The lowest BCUT2D eigenvalue weighted by atomic mass is 10.1. The molecule has 1 unspecified atom stereocenters. The largest absolute Gasteiger partial charge is 0.330 e. The van der Waals surface area contributed by atoms with E-state index in [0.29, 0.717) is 12.5 Å². The van der Waals surface area contributed by atoms with Gasteiger partial charge in [-0.25, -0.2) is 0 Å². The number of hydrogen-bond donors (Lipinski definition) is 1. The molecule has 62 valence electrons. The van der Waals surface area contributed by atoms with Crippen molar-refractivity contribution in [3.05, 3.63) is 5.82 Å². The Morgan fingerprint density at radius 1 is 1.64 bits per heavy atom. The summed E-state index contributed by atoms with van der Waals surface area (Å²) in [5.41, 5.74) is 5.44. The fraction of sp³-hybridized carbons (Fsp3) is 0.833. The molecule has 0 fully saturated rings. The first kappa shape index (κ1) is 8.13. The van der Waals surface area contributed by atoms with Gasteiger partial charge in [0.1, 0.15) is 0 Å². The van der Waals surface area contributed by atoms with Gasteiger partial charge in [-0.15, -0.1) is 10.2 Å². The van der Waals surface area contributed by atoms with Gasteiger partial charge in [0.25, 0.3) is 0 Å². The van der Waals surface area contributed by atoms with E-state index in [-0.39, 0.29) is 0 Å². The topological polar surface area (TPSA) is 69.6 Å². The SMILES string of the molecule is CC(CN)Cc1nnn(C)n1. The van der Waals surface area contributed by atoms with Crippen molar-refractivity contribution in [3.8, 4) is 0 Å². The third kappa shape index (κ3) is 2.27. The van der Waals surface area contributed by atoms with Gasteiger partial charge < -0.3 is 5.73 Å². The van der Waals surface area contributed by atoms with Crippen LogP contribution in [0.25, 0.3) is 0 Å². The van der Waals surface area contributed by atoms with Gasteiger partial charge in [-0.05, 0) is 17.7 Å². The second kappa shape index (κ2) is 3.43. The van der Waals surface area contributed by atoms with Crippen LogP contribution in [0.2, 0.25) is 0 Å². The van der Waals surface area contributed by atoms with Crippen molar-refractivity contribution in [2.45, 2.75) is 13.3 Å². The minimum Gasteiger partial charge on any atom is -0.330 e. The van der Waals surface area contributed by atoms with Crippen LogP contribution in [0.5, 0.6) is 0 Å². The summed E-state index contributed by atoms with van der Waals surface area (Å²) < 4.78 is 0. The van der Waals surface area contributed by atoms with Crippen LogP contribution in [0, 0.1) is 5.92 Å². The molecule has 0 spiro atoms. The molecule has 5 nitrogen and oxygen atoms in total. The van der Waals surface area contributed by atoms with E-state index in [4.69, 9.17) is 5.73 Å². The van der Waals surface area contributed by atoms with E-state index in [1.54, 1.807) is 7.05 Å². The first-order chi connectivity index (χ1) is 5.22. The molecule has 11 heavy (non-hydrogen) atoms. The van der Waals surface area contributed by atoms with Crippen LogP contribution in [-0.2, 0) is 13.5 Å². The Bertz CT molecular complexity index is 219. The fourth-order valence-electron chi connectivity index (χ4n) is 0.800. The van der Waals surface area contributed by atoms with E-state index in [0.717, 1.165) is 12.2 Å². The second-order valence-corrected chi connectivity index (χ2v) is 2.74. The highest BCUT2D eigenvalue weighted by atomic mass is 15.6. The molecule has 1 rings (SSSR count). The van der Waals surface area contributed by atoms with Crippen LogP contribution < -0.4 is 5.73 Å². The molecular weight excluding hydrogens is 142 g/mol. The van der Waals surface area contributed by atoms with Gasteiger partial charge in [0.05, 0.1) is 7.05 Å². The second-order valence-electron chi connectivity index (χ2n) is 2.74. The Labute approximate surface area is 65.6 Å². The van der Waals surface area contributed by atoms with E-state index in [9.17, 15) is 0 Å². The molecule has 0 aromatic carbocycles. The summed E-state index contributed by atoms with van der Waals surface area (Å²) in [7, 11) is 1.75. The summed E-state index contributed by atoms with van der Waals surface area (Å²) in [5, 5.41) is 11.6. The van der Waals surface area contributed by atoms with E-state index in [2.05, 4.69) is 22.3 Å². The van der Waals surface area contributed by atoms with Gasteiger partial charge in [-0.2, -0.15) is 4.80 Å². The number of aromatic nitrogens is 4. The number of rotatable bonds is 3. The van der Waals surface area contributed by atoms with E-state index >= 15 is 0 Å². The van der Waals surface area contributed by atoms with Gasteiger partial charge >= 0.3 is 0 Å². The minimum absolute atomic E-state index is 0.430. The number of tetrazole rings is 1. The predicted octanol–water partition coefficient (Wildman–Crippen LogP) is -0.653. The molecule has 0 aliphatic carbocycles. The number of hydrogen-bond acceptors (Lipinski definition) is 4. The molecule has 1 aromatic rings. The molecule has 0 saturated carbocycles. The first-order valence-electron chi connectivity index (χ1n) is 3.65. The van der Waals surface area contributed by atoms with Crippen molar-refractivity contribution in [3.63, 3.8) is 0 Å². The standard InChI is InChI=1S/C6H13N5/c1-5(4-7)3-6-8-10-11(2)9-6/h5H,3-4,7H2,1-2H3. The maximum absolute atomic E-state index is 5.44. The van der Waals surface area contributed by atoms with Crippen molar-refractivity contribution >= 4 is 0 Å². The maximum atomic E-state index is 5.44. The van der Waals surface area contributed by atoms with Crippen molar-refractivity contribution in [2.75, 3.05) is 6.54 Å². The maximum Gasteiger partial charge on any atom is 0.175 e. The number of nitrogens with zero attached hydrogens (tertiary/aromatic N) is 4. The summed E-state index contributed by atoms with van der Waals surface area (Å²) >= 11 is 0. The third-order valence-electron chi connectivity index (χ3n) is 1.48. The van der Waals surface area contributed by atoms with E-state index in [1.807, 2.05) is 0 Å². The van der Waals surface area contributed by atoms with Crippen LogP contribution >= 0.6 is 0 Å². The quantitative estimate of drug-likeness (QED) is 0.629. The van der Waals surface area contributed by atoms with Crippen LogP contribution in [0.3, 0.4) is 0 Å². The summed E-state index contributed by atoms with van der Waals surface area (Å²) in [4.78, 5) is 1.46. The van der Waals surface area contributed by atoms with Crippen LogP contribution in [0.4, 0.5) is 0 Å². The zero-order valence-corrected chi connectivity index (χ0v) is 6.86. The molecule has 0 saturated heterocycles. The Balaban J connectivity index is 2.50. The van der Waals surface area contributed by atoms with Gasteiger partial charge in [-0.3, -0.25) is 0 Å². The highest BCUT2D eigenvalue weighted by molar-refractivity contribution is 4.79. The summed E-state index contributed by atoms with van der Waals surface area (Å²) in [6.45, 7) is 2.73. The molecule has 1 atom stereocenters. The van der Waals surface area contributed by atoms with Crippen molar-refractivity contribution in [1.82, 2.24) is 20.2 Å². The van der Waals surface area contributed by atoms with Gasteiger partial charge in [0.2, 0.25) is 0 Å². The molecule has 1 heterocycles. The molecule has 2 N–H and O–H groups in total. The lowest BCUT2D eigenvalue weighted by Gasteiger charge is -2.01. The molecule has 0 radical (unpaired) electrons. The molecule has 5 heteroatoms. The molecule has 0 aliphatic rings.